The largest absolute Gasteiger partial charge is 0.366 e. The van der Waals surface area contributed by atoms with Gasteiger partial charge in [-0.05, 0) is 27.3 Å². The van der Waals surface area contributed by atoms with Gasteiger partial charge in [0, 0.05) is 7.11 Å². The first-order chi connectivity index (χ1) is 6.21. The first-order valence-corrected chi connectivity index (χ1v) is 4.08. The van der Waals surface area contributed by atoms with Crippen LogP contribution in [-0.2, 0) is 4.74 Å². The van der Waals surface area contributed by atoms with Gasteiger partial charge < -0.3 is 4.74 Å². The van der Waals surface area contributed by atoms with Crippen molar-refractivity contribution in [3.05, 3.63) is 0 Å². The SMILES string of the molecule is C=NC(C)C(N=C)C(C#CC)OC. The maximum absolute atomic E-state index is 5.17. The highest BCUT2D eigenvalue weighted by Crippen LogP contribution is 2.09. The molecular formula is C10H16N2O. The summed E-state index contributed by atoms with van der Waals surface area (Å²) in [5.74, 6) is 5.69. The van der Waals surface area contributed by atoms with Crippen molar-refractivity contribution in [3.8, 4) is 11.8 Å². The molecule has 72 valence electrons. The van der Waals surface area contributed by atoms with Gasteiger partial charge in [0.25, 0.3) is 0 Å². The highest BCUT2D eigenvalue weighted by molar-refractivity contribution is 5.29. The van der Waals surface area contributed by atoms with Gasteiger partial charge in [-0.25, -0.2) is 0 Å². The summed E-state index contributed by atoms with van der Waals surface area (Å²) in [4.78, 5) is 7.82. The Labute approximate surface area is 79.9 Å². The second-order valence-electron chi connectivity index (χ2n) is 2.65. The third-order valence-corrected chi connectivity index (χ3v) is 1.84. The predicted octanol–water partition coefficient (Wildman–Crippen LogP) is 1.18. The van der Waals surface area contributed by atoms with Gasteiger partial charge in [0.05, 0.1) is 6.04 Å². The summed E-state index contributed by atoms with van der Waals surface area (Å²) in [5, 5.41) is 0. The minimum absolute atomic E-state index is 0.0247. The molecule has 0 N–H and O–H groups in total. The van der Waals surface area contributed by atoms with Crippen LogP contribution in [0, 0.1) is 11.8 Å². The third-order valence-electron chi connectivity index (χ3n) is 1.84. The number of methoxy groups -OCH3 is 1. The normalized spacial score (nSPS) is 16.2. The third kappa shape index (κ3) is 3.39. The number of aliphatic imine (C=N–C) groups is 2. The van der Waals surface area contributed by atoms with Crippen LogP contribution in [0.3, 0.4) is 0 Å². The van der Waals surface area contributed by atoms with E-state index in [4.69, 9.17) is 4.74 Å². The van der Waals surface area contributed by atoms with Crippen molar-refractivity contribution in [2.45, 2.75) is 32.0 Å². The van der Waals surface area contributed by atoms with E-state index < -0.39 is 0 Å². The topological polar surface area (TPSA) is 34.0 Å². The molecule has 0 aromatic rings. The summed E-state index contributed by atoms with van der Waals surface area (Å²) in [7, 11) is 1.60. The molecule has 3 unspecified atom stereocenters. The predicted molar refractivity (Wildman–Crippen MR) is 56.6 cm³/mol. The van der Waals surface area contributed by atoms with E-state index in [1.54, 1.807) is 14.0 Å². The molecule has 0 aliphatic carbocycles. The summed E-state index contributed by atoms with van der Waals surface area (Å²) >= 11 is 0. The van der Waals surface area contributed by atoms with Crippen LogP contribution >= 0.6 is 0 Å². The number of ether oxygens (including phenoxy) is 1. The van der Waals surface area contributed by atoms with Gasteiger partial charge in [0.2, 0.25) is 0 Å². The molecule has 0 aromatic heterocycles. The number of hydrogen-bond donors (Lipinski definition) is 0. The minimum Gasteiger partial charge on any atom is -0.366 e. The van der Waals surface area contributed by atoms with Gasteiger partial charge in [-0.15, -0.1) is 5.92 Å². The summed E-state index contributed by atoms with van der Waals surface area (Å²) in [6, 6.07) is -0.168. The van der Waals surface area contributed by atoms with Gasteiger partial charge in [-0.2, -0.15) is 0 Å². The van der Waals surface area contributed by atoms with E-state index in [0.29, 0.717) is 0 Å². The second-order valence-corrected chi connectivity index (χ2v) is 2.65. The van der Waals surface area contributed by atoms with Gasteiger partial charge >= 0.3 is 0 Å². The standard InChI is InChI=1S/C10H16N2O/c1-6-7-9(13-5)10(12-4)8(2)11-3/h8-10H,3-4H2,1-2,5H3. The molecule has 0 amide bonds. The Hall–Kier alpha value is -1.14. The van der Waals surface area contributed by atoms with Crippen molar-refractivity contribution >= 4 is 13.4 Å². The lowest BCUT2D eigenvalue weighted by atomic mass is 10.1. The zero-order valence-electron chi connectivity index (χ0n) is 8.45. The van der Waals surface area contributed by atoms with Crippen molar-refractivity contribution in [2.24, 2.45) is 9.98 Å². The molecule has 0 aromatic carbocycles. The summed E-state index contributed by atoms with van der Waals surface area (Å²) in [5.41, 5.74) is 0. The van der Waals surface area contributed by atoms with Crippen LogP contribution < -0.4 is 0 Å². The fourth-order valence-corrected chi connectivity index (χ4v) is 1.04. The Bertz CT molecular complexity index is 227. The Morgan fingerprint density at radius 3 is 2.23 bits per heavy atom. The van der Waals surface area contributed by atoms with Gasteiger partial charge in [0.1, 0.15) is 12.1 Å². The van der Waals surface area contributed by atoms with E-state index in [9.17, 15) is 0 Å². The van der Waals surface area contributed by atoms with Crippen LogP contribution in [0.25, 0.3) is 0 Å². The molecule has 0 aliphatic rings. The molecule has 0 radical (unpaired) electrons. The van der Waals surface area contributed by atoms with Crippen LogP contribution in [-0.4, -0.2) is 38.7 Å². The minimum atomic E-state index is -0.247. The van der Waals surface area contributed by atoms with Crippen molar-refractivity contribution in [2.75, 3.05) is 7.11 Å². The smallest absolute Gasteiger partial charge is 0.142 e. The number of rotatable bonds is 5. The monoisotopic (exact) mass is 180 g/mol. The maximum atomic E-state index is 5.17. The molecule has 3 heteroatoms. The zero-order chi connectivity index (χ0) is 10.3. The molecule has 0 saturated carbocycles. The molecule has 0 saturated heterocycles. The van der Waals surface area contributed by atoms with E-state index in [2.05, 4.69) is 35.3 Å². The number of hydrogen-bond acceptors (Lipinski definition) is 3. The van der Waals surface area contributed by atoms with Crippen LogP contribution in [0.4, 0.5) is 0 Å². The van der Waals surface area contributed by atoms with E-state index >= 15 is 0 Å². The molecule has 13 heavy (non-hydrogen) atoms. The second kappa shape index (κ2) is 6.38. The van der Waals surface area contributed by atoms with Crippen LogP contribution in [0.15, 0.2) is 9.98 Å². The van der Waals surface area contributed by atoms with E-state index in [1.807, 2.05) is 6.92 Å². The van der Waals surface area contributed by atoms with Crippen molar-refractivity contribution < 1.29 is 4.74 Å². The van der Waals surface area contributed by atoms with E-state index in [-0.39, 0.29) is 18.2 Å². The summed E-state index contributed by atoms with van der Waals surface area (Å²) in [6.45, 7) is 10.6. The Balaban J connectivity index is 4.57. The van der Waals surface area contributed by atoms with Crippen molar-refractivity contribution in [1.29, 1.82) is 0 Å². The Morgan fingerprint density at radius 2 is 1.92 bits per heavy atom. The molecule has 3 nitrogen and oxygen atoms in total. The van der Waals surface area contributed by atoms with E-state index in [0.717, 1.165) is 0 Å². The molecule has 0 spiro atoms. The highest BCUT2D eigenvalue weighted by Gasteiger charge is 2.22. The fraction of sp³-hybridized carbons (Fsp3) is 0.600. The highest BCUT2D eigenvalue weighted by atomic mass is 16.5. The summed E-state index contributed by atoms with van der Waals surface area (Å²) < 4.78 is 5.17. The maximum Gasteiger partial charge on any atom is 0.142 e. The molecule has 0 rings (SSSR count). The first kappa shape index (κ1) is 11.9. The van der Waals surface area contributed by atoms with Crippen LogP contribution in [0.1, 0.15) is 13.8 Å². The molecule has 0 bridgehead atoms. The van der Waals surface area contributed by atoms with E-state index in [1.165, 1.54) is 0 Å². The average molecular weight is 180 g/mol. The molecule has 3 atom stereocenters. The summed E-state index contributed by atoms with van der Waals surface area (Å²) in [6.07, 6.45) is -0.247. The van der Waals surface area contributed by atoms with Crippen molar-refractivity contribution in [1.82, 2.24) is 0 Å². The Kier molecular flexibility index (Phi) is 5.82. The van der Waals surface area contributed by atoms with Gasteiger partial charge in [-0.1, -0.05) is 5.92 Å². The van der Waals surface area contributed by atoms with Crippen LogP contribution in [0.5, 0.6) is 0 Å². The molecule has 0 aliphatic heterocycles. The first-order valence-electron chi connectivity index (χ1n) is 4.08. The number of nitrogens with zero attached hydrogens (tertiary/aromatic N) is 2. The zero-order valence-corrected chi connectivity index (χ0v) is 8.45. The lowest BCUT2D eigenvalue weighted by Gasteiger charge is -2.20. The van der Waals surface area contributed by atoms with Crippen molar-refractivity contribution in [3.63, 3.8) is 0 Å². The molecular weight excluding hydrogens is 164 g/mol. The lowest BCUT2D eigenvalue weighted by molar-refractivity contribution is 0.120. The lowest BCUT2D eigenvalue weighted by Crippen LogP contribution is -2.33. The van der Waals surface area contributed by atoms with Crippen LogP contribution in [0.2, 0.25) is 0 Å². The Morgan fingerprint density at radius 1 is 1.31 bits per heavy atom. The quantitative estimate of drug-likeness (QED) is 0.462. The molecule has 0 fully saturated rings. The fourth-order valence-electron chi connectivity index (χ4n) is 1.04. The average Bonchev–Trinajstić information content (AvgIpc) is 2.17. The van der Waals surface area contributed by atoms with Gasteiger partial charge in [0.15, 0.2) is 0 Å². The van der Waals surface area contributed by atoms with Gasteiger partial charge in [-0.3, -0.25) is 9.98 Å². The molecule has 0 heterocycles.